The van der Waals surface area contributed by atoms with Gasteiger partial charge in [0.05, 0.1) is 20.0 Å². The van der Waals surface area contributed by atoms with Crippen LogP contribution in [0.2, 0.25) is 0 Å². The van der Waals surface area contributed by atoms with Crippen LogP contribution in [0.15, 0.2) is 11.1 Å². The molecule has 0 bridgehead atoms. The molecule has 0 radical (unpaired) electrons. The number of amides is 1. The average Bonchev–Trinajstić information content (AvgIpc) is 2.90. The highest BCUT2D eigenvalue weighted by Crippen LogP contribution is 2.14. The van der Waals surface area contributed by atoms with Crippen molar-refractivity contribution < 1.29 is 9.53 Å². The highest BCUT2D eigenvalue weighted by molar-refractivity contribution is 5.81. The van der Waals surface area contributed by atoms with E-state index in [2.05, 4.69) is 15.3 Å². The zero-order chi connectivity index (χ0) is 13.0. The molecule has 1 amide bonds. The molecule has 1 saturated heterocycles. The molecule has 0 aromatic carbocycles. The monoisotopic (exact) mass is 252 g/mol. The van der Waals surface area contributed by atoms with Gasteiger partial charge in [-0.1, -0.05) is 0 Å². The minimum atomic E-state index is -0.372. The van der Waals surface area contributed by atoms with Crippen molar-refractivity contribution >= 4 is 11.7 Å². The van der Waals surface area contributed by atoms with Crippen LogP contribution in [-0.4, -0.2) is 47.5 Å². The Labute approximate surface area is 104 Å². The maximum atomic E-state index is 11.8. The Balaban J connectivity index is 1.99. The molecule has 0 spiro atoms. The number of anilines is 1. The van der Waals surface area contributed by atoms with E-state index in [1.807, 2.05) is 0 Å². The van der Waals surface area contributed by atoms with Crippen LogP contribution in [0.1, 0.15) is 12.8 Å². The van der Waals surface area contributed by atoms with Crippen molar-refractivity contribution in [2.75, 3.05) is 32.1 Å². The number of methoxy groups -OCH3 is 1. The molecule has 0 atom stereocenters. The third-order valence-electron chi connectivity index (χ3n) is 2.88. The maximum Gasteiger partial charge on any atom is 0.295 e. The highest BCUT2D eigenvalue weighted by Gasteiger charge is 2.18. The van der Waals surface area contributed by atoms with Crippen LogP contribution in [0, 0.1) is 0 Å². The van der Waals surface area contributed by atoms with Gasteiger partial charge in [0.25, 0.3) is 5.56 Å². The molecule has 7 nitrogen and oxygen atoms in total. The number of aromatic amines is 1. The number of likely N-dealkylation sites (tertiary alicyclic amines) is 1. The van der Waals surface area contributed by atoms with Crippen molar-refractivity contribution in [3.63, 3.8) is 0 Å². The van der Waals surface area contributed by atoms with Crippen molar-refractivity contribution in [2.45, 2.75) is 12.8 Å². The Morgan fingerprint density at radius 3 is 2.94 bits per heavy atom. The van der Waals surface area contributed by atoms with Gasteiger partial charge in [0.15, 0.2) is 5.82 Å². The zero-order valence-electron chi connectivity index (χ0n) is 10.2. The van der Waals surface area contributed by atoms with Gasteiger partial charge < -0.3 is 19.9 Å². The molecule has 0 aliphatic carbocycles. The second-order valence-electron chi connectivity index (χ2n) is 4.05. The quantitative estimate of drug-likeness (QED) is 0.775. The van der Waals surface area contributed by atoms with Crippen LogP contribution in [0.25, 0.3) is 0 Å². The number of nitrogens with one attached hydrogen (secondary N) is 2. The number of hydrogen-bond acceptors (Lipinski definition) is 5. The summed E-state index contributed by atoms with van der Waals surface area (Å²) in [5, 5.41) is 2.83. The number of carbonyl (C=O) groups is 1. The fourth-order valence-corrected chi connectivity index (χ4v) is 1.94. The minimum Gasteiger partial charge on any atom is -0.489 e. The second-order valence-corrected chi connectivity index (χ2v) is 4.05. The summed E-state index contributed by atoms with van der Waals surface area (Å²) >= 11 is 0. The summed E-state index contributed by atoms with van der Waals surface area (Å²) in [6, 6.07) is 0. The minimum absolute atomic E-state index is 0.0108. The Morgan fingerprint density at radius 1 is 1.56 bits per heavy atom. The van der Waals surface area contributed by atoms with Crippen LogP contribution in [0.5, 0.6) is 5.75 Å². The van der Waals surface area contributed by atoms with Crippen LogP contribution in [0.3, 0.4) is 0 Å². The fraction of sp³-hybridized carbons (Fsp3) is 0.545. The van der Waals surface area contributed by atoms with Crippen LogP contribution < -0.4 is 15.6 Å². The molecule has 1 aliphatic heterocycles. The molecular formula is C11H16N4O3. The lowest BCUT2D eigenvalue weighted by Crippen LogP contribution is -2.33. The predicted molar refractivity (Wildman–Crippen MR) is 65.7 cm³/mol. The molecule has 1 aliphatic rings. The first-order valence-corrected chi connectivity index (χ1v) is 5.85. The molecule has 18 heavy (non-hydrogen) atoms. The van der Waals surface area contributed by atoms with Crippen molar-refractivity contribution in [2.24, 2.45) is 0 Å². The SMILES string of the molecule is COc1c(NCC(=O)N2CCCC2)nc[nH]c1=O. The Morgan fingerprint density at radius 2 is 2.28 bits per heavy atom. The van der Waals surface area contributed by atoms with Gasteiger partial charge in [-0.3, -0.25) is 9.59 Å². The third kappa shape index (κ3) is 2.61. The standard InChI is InChI=1S/C11H16N4O3/c1-18-9-10(13-7-14-11(9)17)12-6-8(16)15-4-2-3-5-15/h7H,2-6H2,1H3,(H2,12,13,14,17). The van der Waals surface area contributed by atoms with E-state index >= 15 is 0 Å². The first-order chi connectivity index (χ1) is 8.72. The summed E-state index contributed by atoms with van der Waals surface area (Å²) in [7, 11) is 1.39. The van der Waals surface area contributed by atoms with Gasteiger partial charge >= 0.3 is 0 Å². The first-order valence-electron chi connectivity index (χ1n) is 5.85. The van der Waals surface area contributed by atoms with E-state index in [9.17, 15) is 9.59 Å². The van der Waals surface area contributed by atoms with Crippen LogP contribution in [-0.2, 0) is 4.79 Å². The van der Waals surface area contributed by atoms with Gasteiger partial charge in [0.2, 0.25) is 11.7 Å². The number of nitrogens with zero attached hydrogens (tertiary/aromatic N) is 2. The van der Waals surface area contributed by atoms with E-state index in [-0.39, 0.29) is 29.6 Å². The maximum absolute atomic E-state index is 11.8. The van der Waals surface area contributed by atoms with Crippen molar-refractivity contribution in [1.29, 1.82) is 0 Å². The number of ether oxygens (including phenoxy) is 1. The summed E-state index contributed by atoms with van der Waals surface area (Å²) in [5.41, 5.74) is -0.372. The summed E-state index contributed by atoms with van der Waals surface area (Å²) in [5.74, 6) is 0.386. The fourth-order valence-electron chi connectivity index (χ4n) is 1.94. The molecule has 2 heterocycles. The number of carbonyl (C=O) groups excluding carboxylic acids is 1. The normalized spacial score (nSPS) is 14.6. The largest absolute Gasteiger partial charge is 0.489 e. The summed E-state index contributed by atoms with van der Waals surface area (Å²) < 4.78 is 4.94. The smallest absolute Gasteiger partial charge is 0.295 e. The Hall–Kier alpha value is -2.05. The van der Waals surface area contributed by atoms with Gasteiger partial charge in [-0.05, 0) is 12.8 Å². The molecule has 7 heteroatoms. The van der Waals surface area contributed by atoms with E-state index < -0.39 is 0 Å². The number of rotatable bonds is 4. The highest BCUT2D eigenvalue weighted by atomic mass is 16.5. The molecule has 0 saturated carbocycles. The Kier molecular flexibility index (Phi) is 3.81. The first kappa shape index (κ1) is 12.4. The van der Waals surface area contributed by atoms with E-state index in [0.717, 1.165) is 25.9 Å². The van der Waals surface area contributed by atoms with E-state index in [4.69, 9.17) is 4.74 Å². The second kappa shape index (κ2) is 5.52. The molecule has 2 rings (SSSR count). The van der Waals surface area contributed by atoms with Gasteiger partial charge in [-0.2, -0.15) is 0 Å². The summed E-state index contributed by atoms with van der Waals surface area (Å²) in [6.45, 7) is 1.73. The number of H-pyrrole nitrogens is 1. The molecule has 0 unspecified atom stereocenters. The Bertz CT molecular complexity index is 479. The van der Waals surface area contributed by atoms with Crippen molar-refractivity contribution in [1.82, 2.24) is 14.9 Å². The molecule has 1 aromatic heterocycles. The predicted octanol–water partition coefficient (Wildman–Crippen LogP) is -0.187. The van der Waals surface area contributed by atoms with Crippen LogP contribution >= 0.6 is 0 Å². The van der Waals surface area contributed by atoms with E-state index in [0.29, 0.717) is 0 Å². The topological polar surface area (TPSA) is 87.3 Å². The third-order valence-corrected chi connectivity index (χ3v) is 2.88. The summed E-state index contributed by atoms with van der Waals surface area (Å²) in [4.78, 5) is 31.4. The van der Waals surface area contributed by atoms with Gasteiger partial charge in [0, 0.05) is 13.1 Å². The van der Waals surface area contributed by atoms with Gasteiger partial charge in [0.1, 0.15) is 0 Å². The van der Waals surface area contributed by atoms with Gasteiger partial charge in [-0.15, -0.1) is 0 Å². The van der Waals surface area contributed by atoms with Crippen LogP contribution in [0.4, 0.5) is 5.82 Å². The summed E-state index contributed by atoms with van der Waals surface area (Å²) in [6.07, 6.45) is 3.38. The van der Waals surface area contributed by atoms with E-state index in [1.54, 1.807) is 4.90 Å². The number of aromatic nitrogens is 2. The number of hydrogen-bond donors (Lipinski definition) is 2. The molecule has 98 valence electrons. The van der Waals surface area contributed by atoms with Crippen molar-refractivity contribution in [3.05, 3.63) is 16.7 Å². The molecule has 1 aromatic rings. The molecule has 2 N–H and O–H groups in total. The lowest BCUT2D eigenvalue weighted by molar-refractivity contribution is -0.128. The van der Waals surface area contributed by atoms with Gasteiger partial charge in [-0.25, -0.2) is 4.98 Å². The molecule has 1 fully saturated rings. The average molecular weight is 252 g/mol. The molecular weight excluding hydrogens is 236 g/mol. The van der Waals surface area contributed by atoms with Crippen molar-refractivity contribution in [3.8, 4) is 5.75 Å². The zero-order valence-corrected chi connectivity index (χ0v) is 10.2. The lowest BCUT2D eigenvalue weighted by atomic mass is 10.4. The van der Waals surface area contributed by atoms with E-state index in [1.165, 1.54) is 13.4 Å². The lowest BCUT2D eigenvalue weighted by Gasteiger charge is -2.16.